The van der Waals surface area contributed by atoms with Gasteiger partial charge in [-0.3, -0.25) is 9.59 Å². The standard InChI is InChI=1S/C21H19F3N4O2/c22-21(23,24)20-25-16-8-4-5-9-17(16)28(20)14-18(29)26-10-12-27(13-11-26)19(30)15-6-2-1-3-7-15/h1-9H,10-14H2. The normalized spacial score (nSPS) is 14.9. The number of benzene rings is 2. The van der Waals surface area contributed by atoms with Crippen molar-refractivity contribution in [3.05, 3.63) is 66.0 Å². The summed E-state index contributed by atoms with van der Waals surface area (Å²) < 4.78 is 41.2. The number of para-hydroxylation sites is 2. The molecule has 2 amide bonds. The van der Waals surface area contributed by atoms with Gasteiger partial charge in [-0.2, -0.15) is 13.2 Å². The van der Waals surface area contributed by atoms with Crippen LogP contribution in [-0.2, 0) is 17.5 Å². The Morgan fingerprint density at radius 2 is 1.47 bits per heavy atom. The molecule has 4 rings (SSSR count). The van der Waals surface area contributed by atoms with Gasteiger partial charge in [-0.15, -0.1) is 0 Å². The first kappa shape index (κ1) is 19.9. The Kier molecular flexibility index (Phi) is 5.19. The van der Waals surface area contributed by atoms with Crippen molar-refractivity contribution in [3.63, 3.8) is 0 Å². The summed E-state index contributed by atoms with van der Waals surface area (Å²) in [5.41, 5.74) is 1.02. The lowest BCUT2D eigenvalue weighted by Gasteiger charge is -2.35. The van der Waals surface area contributed by atoms with Crippen LogP contribution in [0.5, 0.6) is 0 Å². The van der Waals surface area contributed by atoms with Crippen molar-refractivity contribution in [2.75, 3.05) is 26.2 Å². The molecular weight excluding hydrogens is 397 g/mol. The van der Waals surface area contributed by atoms with Gasteiger partial charge in [0.05, 0.1) is 11.0 Å². The monoisotopic (exact) mass is 416 g/mol. The number of carbonyl (C=O) groups excluding carboxylic acids is 2. The number of fused-ring (bicyclic) bond motifs is 1. The van der Waals surface area contributed by atoms with Crippen LogP contribution in [0, 0.1) is 0 Å². The van der Waals surface area contributed by atoms with Gasteiger partial charge in [-0.05, 0) is 24.3 Å². The fraction of sp³-hybridized carbons (Fsp3) is 0.286. The van der Waals surface area contributed by atoms with E-state index >= 15 is 0 Å². The van der Waals surface area contributed by atoms with E-state index in [1.165, 1.54) is 17.0 Å². The first-order chi connectivity index (χ1) is 14.3. The molecule has 6 nitrogen and oxygen atoms in total. The van der Waals surface area contributed by atoms with Gasteiger partial charge in [-0.25, -0.2) is 4.98 Å². The van der Waals surface area contributed by atoms with Gasteiger partial charge in [0.15, 0.2) is 0 Å². The van der Waals surface area contributed by atoms with Crippen molar-refractivity contribution >= 4 is 22.8 Å². The first-order valence-corrected chi connectivity index (χ1v) is 9.49. The number of hydrogen-bond donors (Lipinski definition) is 0. The number of carbonyl (C=O) groups is 2. The lowest BCUT2D eigenvalue weighted by molar-refractivity contribution is -0.148. The number of nitrogens with zero attached hydrogens (tertiary/aromatic N) is 4. The van der Waals surface area contributed by atoms with Gasteiger partial charge in [0, 0.05) is 31.7 Å². The molecular formula is C21H19F3N4O2. The first-order valence-electron chi connectivity index (χ1n) is 9.49. The molecule has 0 aliphatic carbocycles. The summed E-state index contributed by atoms with van der Waals surface area (Å²) in [4.78, 5) is 32.1. The fourth-order valence-electron chi connectivity index (χ4n) is 3.61. The summed E-state index contributed by atoms with van der Waals surface area (Å²) in [6, 6.07) is 15.0. The van der Waals surface area contributed by atoms with E-state index in [-0.39, 0.29) is 30.0 Å². The third kappa shape index (κ3) is 3.87. The molecule has 1 saturated heterocycles. The van der Waals surface area contributed by atoms with Crippen molar-refractivity contribution < 1.29 is 22.8 Å². The average molecular weight is 416 g/mol. The van der Waals surface area contributed by atoms with Crippen molar-refractivity contribution in [3.8, 4) is 0 Å². The number of amides is 2. The van der Waals surface area contributed by atoms with Crippen LogP contribution in [0.25, 0.3) is 11.0 Å². The zero-order valence-electron chi connectivity index (χ0n) is 16.0. The summed E-state index contributed by atoms with van der Waals surface area (Å²) in [5.74, 6) is -1.65. The van der Waals surface area contributed by atoms with Crippen LogP contribution in [0.2, 0.25) is 0 Å². The predicted molar refractivity (Wildman–Crippen MR) is 104 cm³/mol. The third-order valence-electron chi connectivity index (χ3n) is 5.14. The van der Waals surface area contributed by atoms with E-state index < -0.39 is 24.5 Å². The molecule has 30 heavy (non-hydrogen) atoms. The van der Waals surface area contributed by atoms with Crippen LogP contribution >= 0.6 is 0 Å². The van der Waals surface area contributed by atoms with Crippen molar-refractivity contribution in [1.82, 2.24) is 19.4 Å². The number of piperazine rings is 1. The fourth-order valence-corrected chi connectivity index (χ4v) is 3.61. The van der Waals surface area contributed by atoms with E-state index in [0.29, 0.717) is 18.7 Å². The van der Waals surface area contributed by atoms with E-state index in [1.807, 2.05) is 6.07 Å². The molecule has 1 fully saturated rings. The molecule has 0 saturated carbocycles. The summed E-state index contributed by atoms with van der Waals surface area (Å²) in [6.45, 7) is 0.741. The molecule has 9 heteroatoms. The summed E-state index contributed by atoms with van der Waals surface area (Å²) in [5, 5.41) is 0. The lowest BCUT2D eigenvalue weighted by atomic mass is 10.2. The highest BCUT2D eigenvalue weighted by atomic mass is 19.4. The van der Waals surface area contributed by atoms with Crippen LogP contribution in [0.3, 0.4) is 0 Å². The third-order valence-corrected chi connectivity index (χ3v) is 5.14. The maximum Gasteiger partial charge on any atom is 0.449 e. The smallest absolute Gasteiger partial charge is 0.338 e. The molecule has 156 valence electrons. The molecule has 0 unspecified atom stereocenters. The SMILES string of the molecule is O=C(Cn1c(C(F)(F)F)nc2ccccc21)N1CCN(C(=O)c2ccccc2)CC1. The second kappa shape index (κ2) is 7.81. The van der Waals surface area contributed by atoms with Crippen molar-refractivity contribution in [1.29, 1.82) is 0 Å². The Morgan fingerprint density at radius 3 is 2.13 bits per heavy atom. The van der Waals surface area contributed by atoms with E-state index in [1.54, 1.807) is 41.3 Å². The Labute approximate surface area is 170 Å². The van der Waals surface area contributed by atoms with E-state index in [0.717, 1.165) is 4.57 Å². The lowest BCUT2D eigenvalue weighted by Crippen LogP contribution is -2.51. The number of alkyl halides is 3. The molecule has 3 aromatic rings. The minimum Gasteiger partial charge on any atom is -0.338 e. The molecule has 2 aromatic carbocycles. The molecule has 1 aromatic heterocycles. The van der Waals surface area contributed by atoms with Crippen molar-refractivity contribution in [2.24, 2.45) is 0 Å². The molecule has 1 aliphatic heterocycles. The van der Waals surface area contributed by atoms with Crippen LogP contribution in [0.15, 0.2) is 54.6 Å². The van der Waals surface area contributed by atoms with E-state index in [2.05, 4.69) is 4.98 Å². The van der Waals surface area contributed by atoms with Gasteiger partial charge < -0.3 is 14.4 Å². The van der Waals surface area contributed by atoms with Gasteiger partial charge >= 0.3 is 6.18 Å². The van der Waals surface area contributed by atoms with Crippen LogP contribution in [0.1, 0.15) is 16.2 Å². The highest BCUT2D eigenvalue weighted by Crippen LogP contribution is 2.31. The Hall–Kier alpha value is -3.36. The van der Waals surface area contributed by atoms with Gasteiger partial charge in [0.2, 0.25) is 11.7 Å². The average Bonchev–Trinajstić information content (AvgIpc) is 3.13. The zero-order valence-corrected chi connectivity index (χ0v) is 16.0. The quantitative estimate of drug-likeness (QED) is 0.660. The van der Waals surface area contributed by atoms with Crippen molar-refractivity contribution in [2.45, 2.75) is 12.7 Å². The van der Waals surface area contributed by atoms with E-state index in [9.17, 15) is 22.8 Å². The van der Waals surface area contributed by atoms with Crippen LogP contribution < -0.4 is 0 Å². The van der Waals surface area contributed by atoms with Crippen LogP contribution in [-0.4, -0.2) is 57.3 Å². The number of imidazole rings is 1. The zero-order chi connectivity index (χ0) is 21.3. The topological polar surface area (TPSA) is 58.4 Å². The summed E-state index contributed by atoms with van der Waals surface area (Å²) >= 11 is 0. The van der Waals surface area contributed by atoms with Gasteiger partial charge in [0.25, 0.3) is 5.91 Å². The van der Waals surface area contributed by atoms with Crippen LogP contribution in [0.4, 0.5) is 13.2 Å². The summed E-state index contributed by atoms with van der Waals surface area (Å²) in [7, 11) is 0. The van der Waals surface area contributed by atoms with E-state index in [4.69, 9.17) is 0 Å². The molecule has 0 N–H and O–H groups in total. The maximum absolute atomic E-state index is 13.4. The highest BCUT2D eigenvalue weighted by molar-refractivity contribution is 5.94. The minimum absolute atomic E-state index is 0.123. The maximum atomic E-state index is 13.4. The number of aromatic nitrogens is 2. The van der Waals surface area contributed by atoms with Gasteiger partial charge in [0.1, 0.15) is 6.54 Å². The number of hydrogen-bond acceptors (Lipinski definition) is 3. The number of rotatable bonds is 3. The predicted octanol–water partition coefficient (Wildman–Crippen LogP) is 3.04. The Bertz CT molecular complexity index is 1070. The Balaban J connectivity index is 1.47. The second-order valence-corrected chi connectivity index (χ2v) is 7.05. The Morgan fingerprint density at radius 1 is 0.867 bits per heavy atom. The summed E-state index contributed by atoms with van der Waals surface area (Å²) in [6.07, 6.45) is -4.67. The molecule has 2 heterocycles. The number of halogens is 3. The van der Waals surface area contributed by atoms with Gasteiger partial charge in [-0.1, -0.05) is 30.3 Å². The molecule has 0 atom stereocenters. The second-order valence-electron chi connectivity index (χ2n) is 7.05. The largest absolute Gasteiger partial charge is 0.449 e. The molecule has 0 radical (unpaired) electrons. The molecule has 0 bridgehead atoms. The highest BCUT2D eigenvalue weighted by Gasteiger charge is 2.38. The molecule has 1 aliphatic rings. The minimum atomic E-state index is -4.67. The molecule has 0 spiro atoms.